The van der Waals surface area contributed by atoms with Crippen molar-refractivity contribution in [1.29, 1.82) is 0 Å². The number of amides is 1. The van der Waals surface area contributed by atoms with Crippen molar-refractivity contribution in [2.45, 2.75) is 6.92 Å². The first-order valence-electron chi connectivity index (χ1n) is 5.02. The van der Waals surface area contributed by atoms with E-state index in [2.05, 4.69) is 20.5 Å². The van der Waals surface area contributed by atoms with E-state index in [4.69, 9.17) is 4.74 Å². The second-order valence-electron chi connectivity index (χ2n) is 3.47. The molecule has 2 aromatic rings. The van der Waals surface area contributed by atoms with Crippen LogP contribution < -0.4 is 10.1 Å². The second kappa shape index (κ2) is 4.65. The smallest absolute Gasteiger partial charge is 0.260 e. The molecule has 2 heterocycles. The van der Waals surface area contributed by atoms with E-state index in [-0.39, 0.29) is 5.91 Å². The van der Waals surface area contributed by atoms with Gasteiger partial charge in [-0.1, -0.05) is 0 Å². The maximum absolute atomic E-state index is 11.9. The molecule has 0 unspecified atom stereocenters. The van der Waals surface area contributed by atoms with Gasteiger partial charge < -0.3 is 10.1 Å². The van der Waals surface area contributed by atoms with Crippen molar-refractivity contribution >= 4 is 11.7 Å². The number of hydrogen-bond donors (Lipinski definition) is 2. The van der Waals surface area contributed by atoms with Crippen molar-refractivity contribution in [3.8, 4) is 5.75 Å². The number of anilines is 1. The van der Waals surface area contributed by atoms with Gasteiger partial charge in [-0.05, 0) is 13.0 Å². The molecule has 6 heteroatoms. The van der Waals surface area contributed by atoms with E-state index in [0.29, 0.717) is 17.1 Å². The third-order valence-corrected chi connectivity index (χ3v) is 2.20. The van der Waals surface area contributed by atoms with Gasteiger partial charge >= 0.3 is 0 Å². The summed E-state index contributed by atoms with van der Waals surface area (Å²) in [5, 5.41) is 9.33. The maximum Gasteiger partial charge on any atom is 0.260 e. The Morgan fingerprint density at radius 2 is 2.35 bits per heavy atom. The minimum atomic E-state index is -0.282. The molecule has 17 heavy (non-hydrogen) atoms. The van der Waals surface area contributed by atoms with Crippen LogP contribution in [0.15, 0.2) is 24.5 Å². The Balaban J connectivity index is 2.20. The molecule has 0 aliphatic heterocycles. The van der Waals surface area contributed by atoms with E-state index in [0.717, 1.165) is 5.69 Å². The Kier molecular flexibility index (Phi) is 3.04. The van der Waals surface area contributed by atoms with Crippen molar-refractivity contribution in [2.24, 2.45) is 0 Å². The standard InChI is InChI=1S/C11H12N4O2/c1-7-5-10(15-14-7)13-11(16)8-3-4-12-6-9(8)17-2/h3-6H,1-2H3,(H2,13,14,15,16). The third kappa shape index (κ3) is 2.41. The SMILES string of the molecule is COc1cnccc1C(=O)Nc1cc(C)[nH]n1. The number of methoxy groups -OCH3 is 1. The minimum absolute atomic E-state index is 0.282. The number of pyridine rings is 1. The zero-order valence-electron chi connectivity index (χ0n) is 9.52. The number of aryl methyl sites for hydroxylation is 1. The Labute approximate surface area is 98.0 Å². The first-order valence-corrected chi connectivity index (χ1v) is 5.02. The fourth-order valence-electron chi connectivity index (χ4n) is 1.40. The quantitative estimate of drug-likeness (QED) is 0.837. The second-order valence-corrected chi connectivity index (χ2v) is 3.47. The molecule has 2 N–H and O–H groups in total. The number of carbonyl (C=O) groups excluding carboxylic acids is 1. The summed E-state index contributed by atoms with van der Waals surface area (Å²) in [7, 11) is 1.49. The van der Waals surface area contributed by atoms with Gasteiger partial charge in [-0.15, -0.1) is 0 Å². The zero-order chi connectivity index (χ0) is 12.3. The fraction of sp³-hybridized carbons (Fsp3) is 0.182. The number of hydrogen-bond acceptors (Lipinski definition) is 4. The van der Waals surface area contributed by atoms with Crippen LogP contribution in [0.5, 0.6) is 5.75 Å². The summed E-state index contributed by atoms with van der Waals surface area (Å²) >= 11 is 0. The number of H-pyrrole nitrogens is 1. The van der Waals surface area contributed by atoms with E-state index in [1.807, 2.05) is 6.92 Å². The van der Waals surface area contributed by atoms with Crippen LogP contribution in [0.25, 0.3) is 0 Å². The van der Waals surface area contributed by atoms with Crippen molar-refractivity contribution in [3.05, 3.63) is 35.8 Å². The highest BCUT2D eigenvalue weighted by atomic mass is 16.5. The first-order chi connectivity index (χ1) is 8.20. The lowest BCUT2D eigenvalue weighted by molar-refractivity contribution is 0.102. The summed E-state index contributed by atoms with van der Waals surface area (Å²) in [5.41, 5.74) is 1.30. The van der Waals surface area contributed by atoms with Gasteiger partial charge in [-0.25, -0.2) is 0 Å². The molecule has 0 radical (unpaired) electrons. The molecule has 0 saturated carbocycles. The lowest BCUT2D eigenvalue weighted by Gasteiger charge is -2.06. The molecule has 2 rings (SSSR count). The van der Waals surface area contributed by atoms with Gasteiger partial charge in [0.15, 0.2) is 5.82 Å². The van der Waals surface area contributed by atoms with Crippen molar-refractivity contribution in [1.82, 2.24) is 15.2 Å². The summed E-state index contributed by atoms with van der Waals surface area (Å²) in [6.45, 7) is 1.86. The Morgan fingerprint density at radius 1 is 1.53 bits per heavy atom. The molecule has 0 aliphatic rings. The Morgan fingerprint density at radius 3 is 3.00 bits per heavy atom. The number of nitrogens with zero attached hydrogens (tertiary/aromatic N) is 2. The van der Waals surface area contributed by atoms with E-state index in [1.54, 1.807) is 12.1 Å². The zero-order valence-corrected chi connectivity index (χ0v) is 9.52. The third-order valence-electron chi connectivity index (χ3n) is 2.20. The molecule has 0 saturated heterocycles. The number of aromatic amines is 1. The van der Waals surface area contributed by atoms with Crippen LogP contribution in [-0.4, -0.2) is 28.2 Å². The minimum Gasteiger partial charge on any atom is -0.494 e. The number of aromatic nitrogens is 3. The number of rotatable bonds is 3. The summed E-state index contributed by atoms with van der Waals surface area (Å²) in [6, 6.07) is 3.33. The van der Waals surface area contributed by atoms with Gasteiger partial charge in [0.05, 0.1) is 18.9 Å². The van der Waals surface area contributed by atoms with Gasteiger partial charge in [-0.3, -0.25) is 14.9 Å². The molecule has 0 aromatic carbocycles. The highest BCUT2D eigenvalue weighted by Gasteiger charge is 2.12. The molecule has 0 fully saturated rings. The predicted molar refractivity (Wildman–Crippen MR) is 62.1 cm³/mol. The van der Waals surface area contributed by atoms with Gasteiger partial charge in [-0.2, -0.15) is 5.10 Å². The maximum atomic E-state index is 11.9. The normalized spacial score (nSPS) is 10.0. The Hall–Kier alpha value is -2.37. The highest BCUT2D eigenvalue weighted by Crippen LogP contribution is 2.17. The van der Waals surface area contributed by atoms with Crippen LogP contribution in [0, 0.1) is 6.92 Å². The van der Waals surface area contributed by atoms with Crippen LogP contribution >= 0.6 is 0 Å². The molecule has 0 bridgehead atoms. The van der Waals surface area contributed by atoms with E-state index in [9.17, 15) is 4.79 Å². The number of ether oxygens (including phenoxy) is 1. The fourth-order valence-corrected chi connectivity index (χ4v) is 1.40. The predicted octanol–water partition coefficient (Wildman–Crippen LogP) is 1.37. The van der Waals surface area contributed by atoms with Gasteiger partial charge in [0.1, 0.15) is 5.75 Å². The molecule has 0 spiro atoms. The summed E-state index contributed by atoms with van der Waals surface area (Å²) in [5.74, 6) is 0.624. The molecule has 6 nitrogen and oxygen atoms in total. The molecule has 2 aromatic heterocycles. The Bertz CT molecular complexity index is 536. The average molecular weight is 232 g/mol. The largest absolute Gasteiger partial charge is 0.494 e. The molecular formula is C11H12N4O2. The van der Waals surface area contributed by atoms with Gasteiger partial charge in [0.2, 0.25) is 0 Å². The monoisotopic (exact) mass is 232 g/mol. The van der Waals surface area contributed by atoms with Crippen molar-refractivity contribution < 1.29 is 9.53 Å². The van der Waals surface area contributed by atoms with Crippen LogP contribution in [-0.2, 0) is 0 Å². The summed E-state index contributed by atoms with van der Waals surface area (Å²) < 4.78 is 5.06. The topological polar surface area (TPSA) is 79.9 Å². The van der Waals surface area contributed by atoms with E-state index in [1.165, 1.54) is 19.5 Å². The summed E-state index contributed by atoms with van der Waals surface area (Å²) in [6.07, 6.45) is 3.03. The van der Waals surface area contributed by atoms with Crippen LogP contribution in [0.1, 0.15) is 16.1 Å². The lowest BCUT2D eigenvalue weighted by Crippen LogP contribution is -2.13. The van der Waals surface area contributed by atoms with E-state index < -0.39 is 0 Å². The number of carbonyl (C=O) groups is 1. The molecular weight excluding hydrogens is 220 g/mol. The van der Waals surface area contributed by atoms with Crippen LogP contribution in [0.4, 0.5) is 5.82 Å². The highest BCUT2D eigenvalue weighted by molar-refractivity contribution is 6.05. The van der Waals surface area contributed by atoms with Gasteiger partial charge in [0, 0.05) is 18.0 Å². The van der Waals surface area contributed by atoms with Crippen molar-refractivity contribution in [3.63, 3.8) is 0 Å². The molecule has 88 valence electrons. The van der Waals surface area contributed by atoms with Crippen LogP contribution in [0.3, 0.4) is 0 Å². The summed E-state index contributed by atoms with van der Waals surface area (Å²) in [4.78, 5) is 15.8. The molecule has 0 aliphatic carbocycles. The number of nitrogens with one attached hydrogen (secondary N) is 2. The van der Waals surface area contributed by atoms with Crippen LogP contribution in [0.2, 0.25) is 0 Å². The molecule has 0 atom stereocenters. The van der Waals surface area contributed by atoms with E-state index >= 15 is 0 Å². The molecule has 1 amide bonds. The average Bonchev–Trinajstić information content (AvgIpc) is 2.74. The lowest BCUT2D eigenvalue weighted by atomic mass is 10.2. The van der Waals surface area contributed by atoms with Crippen molar-refractivity contribution in [2.75, 3.05) is 12.4 Å². The van der Waals surface area contributed by atoms with Gasteiger partial charge in [0.25, 0.3) is 5.91 Å². The first kappa shape index (κ1) is 11.1.